The quantitative estimate of drug-likeness (QED) is 0.595. The van der Waals surface area contributed by atoms with Gasteiger partial charge in [-0.15, -0.1) is 0 Å². The molecule has 5 heteroatoms. The Bertz CT molecular complexity index is 910. The molecule has 0 spiro atoms. The first-order chi connectivity index (χ1) is 11.1. The third-order valence-electron chi connectivity index (χ3n) is 3.76. The number of aromatic nitrogens is 1. The van der Waals surface area contributed by atoms with Crippen LogP contribution in [0.25, 0.3) is 10.9 Å². The number of carbonyl (C=O) groups is 1. The highest BCUT2D eigenvalue weighted by atomic mass is 16.5. The molecule has 2 aromatic carbocycles. The second kappa shape index (κ2) is 5.96. The number of carbonyl (C=O) groups excluding carboxylic acids is 1. The summed E-state index contributed by atoms with van der Waals surface area (Å²) in [5, 5.41) is 11.2. The highest BCUT2D eigenvalue weighted by molar-refractivity contribution is 6.04. The number of methoxy groups -OCH3 is 1. The molecule has 0 aliphatic rings. The first kappa shape index (κ1) is 14.8. The van der Waals surface area contributed by atoms with E-state index in [4.69, 9.17) is 4.74 Å². The molecule has 0 amide bonds. The molecule has 3 aromatic rings. The van der Waals surface area contributed by atoms with Crippen LogP contribution in [0.2, 0.25) is 0 Å². The van der Waals surface area contributed by atoms with Crippen LogP contribution in [0.15, 0.2) is 53.5 Å². The van der Waals surface area contributed by atoms with Gasteiger partial charge in [-0.2, -0.15) is 0 Å². The molecule has 0 atom stereocenters. The lowest BCUT2D eigenvalue weighted by Crippen LogP contribution is -2.01. The number of esters is 1. The van der Waals surface area contributed by atoms with Crippen LogP contribution < -0.4 is 0 Å². The third kappa shape index (κ3) is 2.57. The van der Waals surface area contributed by atoms with Crippen LogP contribution in [0.4, 0.5) is 5.69 Å². The number of benzene rings is 2. The molecule has 1 aromatic heterocycles. The standard InChI is InChI=1S/C18H16N2O3/c1-20-16-10-6-4-7-12(16)14(17(20)21)11-19-15-9-5-3-8-13(15)18(22)23-2/h3-11,21H,1-2H3. The molecule has 0 saturated carbocycles. The number of hydrogen-bond donors (Lipinski definition) is 1. The fourth-order valence-electron chi connectivity index (χ4n) is 2.54. The molecule has 1 heterocycles. The number of rotatable bonds is 3. The van der Waals surface area contributed by atoms with Crippen LogP contribution in [-0.2, 0) is 11.8 Å². The van der Waals surface area contributed by atoms with E-state index in [1.165, 1.54) is 7.11 Å². The van der Waals surface area contributed by atoms with Crippen LogP contribution in [0.5, 0.6) is 5.88 Å². The van der Waals surface area contributed by atoms with Gasteiger partial charge in [0.05, 0.1) is 29.4 Å². The lowest BCUT2D eigenvalue weighted by Gasteiger charge is -2.02. The summed E-state index contributed by atoms with van der Waals surface area (Å²) in [4.78, 5) is 16.1. The van der Waals surface area contributed by atoms with E-state index in [0.717, 1.165) is 10.9 Å². The summed E-state index contributed by atoms with van der Waals surface area (Å²) in [6.07, 6.45) is 1.57. The van der Waals surface area contributed by atoms with E-state index in [1.807, 2.05) is 24.3 Å². The maximum absolute atomic E-state index is 11.8. The Balaban J connectivity index is 2.09. The molecule has 116 valence electrons. The van der Waals surface area contributed by atoms with Gasteiger partial charge in [-0.05, 0) is 18.2 Å². The minimum atomic E-state index is -0.445. The number of aromatic hydroxyl groups is 1. The molecule has 0 aliphatic carbocycles. The van der Waals surface area contributed by atoms with Gasteiger partial charge in [0.2, 0.25) is 5.88 Å². The number of para-hydroxylation sites is 2. The van der Waals surface area contributed by atoms with Gasteiger partial charge in [-0.1, -0.05) is 30.3 Å². The lowest BCUT2D eigenvalue weighted by atomic mass is 10.1. The molecule has 5 nitrogen and oxygen atoms in total. The number of nitrogens with zero attached hydrogens (tertiary/aromatic N) is 2. The van der Waals surface area contributed by atoms with Crippen molar-refractivity contribution >= 4 is 28.8 Å². The SMILES string of the molecule is COC(=O)c1ccccc1N=Cc1c(O)n(C)c2ccccc12. The number of ether oxygens (including phenoxy) is 1. The number of aryl methyl sites for hydroxylation is 1. The molecule has 1 N–H and O–H groups in total. The minimum Gasteiger partial charge on any atom is -0.494 e. The van der Waals surface area contributed by atoms with E-state index >= 15 is 0 Å². The highest BCUT2D eigenvalue weighted by Gasteiger charge is 2.13. The van der Waals surface area contributed by atoms with Gasteiger partial charge >= 0.3 is 5.97 Å². The summed E-state index contributed by atoms with van der Waals surface area (Å²) < 4.78 is 6.46. The van der Waals surface area contributed by atoms with Crippen LogP contribution in [0.3, 0.4) is 0 Å². The van der Waals surface area contributed by atoms with Gasteiger partial charge in [-0.3, -0.25) is 4.99 Å². The highest BCUT2D eigenvalue weighted by Crippen LogP contribution is 2.29. The molecule has 0 fully saturated rings. The van der Waals surface area contributed by atoms with Crippen molar-refractivity contribution < 1.29 is 14.6 Å². The predicted octanol–water partition coefficient (Wildman–Crippen LogP) is 3.42. The van der Waals surface area contributed by atoms with Crippen molar-refractivity contribution in [2.24, 2.45) is 12.0 Å². The van der Waals surface area contributed by atoms with Crippen LogP contribution in [0.1, 0.15) is 15.9 Å². The first-order valence-corrected chi connectivity index (χ1v) is 7.11. The van der Waals surface area contributed by atoms with Gasteiger partial charge in [0, 0.05) is 18.6 Å². The molecule has 0 saturated heterocycles. The third-order valence-corrected chi connectivity index (χ3v) is 3.76. The Morgan fingerprint density at radius 2 is 1.87 bits per heavy atom. The van der Waals surface area contributed by atoms with E-state index < -0.39 is 5.97 Å². The van der Waals surface area contributed by atoms with Gasteiger partial charge < -0.3 is 14.4 Å². The fourth-order valence-corrected chi connectivity index (χ4v) is 2.54. The zero-order valence-electron chi connectivity index (χ0n) is 12.9. The second-order valence-electron chi connectivity index (χ2n) is 5.08. The minimum absolute atomic E-state index is 0.130. The first-order valence-electron chi connectivity index (χ1n) is 7.11. The summed E-state index contributed by atoms with van der Waals surface area (Å²) in [5.41, 5.74) is 2.40. The number of hydrogen-bond acceptors (Lipinski definition) is 4. The van der Waals surface area contributed by atoms with Gasteiger partial charge in [0.25, 0.3) is 0 Å². The zero-order valence-corrected chi connectivity index (χ0v) is 12.9. The smallest absolute Gasteiger partial charge is 0.340 e. The summed E-state index contributed by atoms with van der Waals surface area (Å²) >= 11 is 0. The van der Waals surface area contributed by atoms with Crippen molar-refractivity contribution in [1.82, 2.24) is 4.57 Å². The van der Waals surface area contributed by atoms with Gasteiger partial charge in [0.15, 0.2) is 0 Å². The Labute approximate surface area is 133 Å². The van der Waals surface area contributed by atoms with Crippen molar-refractivity contribution in [3.8, 4) is 5.88 Å². The summed E-state index contributed by atoms with van der Waals surface area (Å²) in [7, 11) is 3.12. The van der Waals surface area contributed by atoms with Crippen molar-refractivity contribution in [2.45, 2.75) is 0 Å². The fraction of sp³-hybridized carbons (Fsp3) is 0.111. The normalized spacial score (nSPS) is 11.2. The summed E-state index contributed by atoms with van der Waals surface area (Å²) in [6.45, 7) is 0. The number of fused-ring (bicyclic) bond motifs is 1. The monoisotopic (exact) mass is 308 g/mol. The second-order valence-corrected chi connectivity index (χ2v) is 5.08. The molecule has 0 bridgehead atoms. The predicted molar refractivity (Wildman–Crippen MR) is 89.6 cm³/mol. The zero-order chi connectivity index (χ0) is 16.4. The van der Waals surface area contributed by atoms with Crippen molar-refractivity contribution in [3.63, 3.8) is 0 Å². The topological polar surface area (TPSA) is 63.8 Å². The van der Waals surface area contributed by atoms with E-state index in [2.05, 4.69) is 4.99 Å². The van der Waals surface area contributed by atoms with Gasteiger partial charge in [-0.25, -0.2) is 4.79 Å². The lowest BCUT2D eigenvalue weighted by molar-refractivity contribution is 0.0601. The van der Waals surface area contributed by atoms with E-state index in [0.29, 0.717) is 16.8 Å². The maximum Gasteiger partial charge on any atom is 0.340 e. The van der Waals surface area contributed by atoms with E-state index in [1.54, 1.807) is 42.1 Å². The molecule has 0 unspecified atom stereocenters. The van der Waals surface area contributed by atoms with Crippen LogP contribution in [0, 0.1) is 0 Å². The van der Waals surface area contributed by atoms with E-state index in [-0.39, 0.29) is 5.88 Å². The Morgan fingerprint density at radius 1 is 1.17 bits per heavy atom. The van der Waals surface area contributed by atoms with Crippen LogP contribution >= 0.6 is 0 Å². The largest absolute Gasteiger partial charge is 0.494 e. The molecule has 23 heavy (non-hydrogen) atoms. The number of aliphatic imine (C=N–C) groups is 1. The molecular formula is C18H16N2O3. The summed E-state index contributed by atoms with van der Waals surface area (Å²) in [6, 6.07) is 14.6. The average Bonchev–Trinajstić information content (AvgIpc) is 2.84. The molecule has 0 radical (unpaired) electrons. The van der Waals surface area contributed by atoms with E-state index in [9.17, 15) is 9.90 Å². The van der Waals surface area contributed by atoms with Crippen LogP contribution in [-0.4, -0.2) is 29.0 Å². The Kier molecular flexibility index (Phi) is 3.85. The molecule has 0 aliphatic heterocycles. The van der Waals surface area contributed by atoms with Crippen molar-refractivity contribution in [3.05, 3.63) is 59.7 Å². The van der Waals surface area contributed by atoms with Gasteiger partial charge in [0.1, 0.15) is 0 Å². The average molecular weight is 308 g/mol. The Hall–Kier alpha value is -3.08. The Morgan fingerprint density at radius 3 is 2.65 bits per heavy atom. The maximum atomic E-state index is 11.8. The molecule has 3 rings (SSSR count). The van der Waals surface area contributed by atoms with Crippen molar-refractivity contribution in [1.29, 1.82) is 0 Å². The van der Waals surface area contributed by atoms with Crippen molar-refractivity contribution in [2.75, 3.05) is 7.11 Å². The summed E-state index contributed by atoms with van der Waals surface area (Å²) in [5.74, 6) is -0.314. The molecular weight excluding hydrogens is 292 g/mol.